The Labute approximate surface area is 127 Å². The first-order chi connectivity index (χ1) is 10.3. The molecular weight excluding hydrogens is 300 g/mol. The first-order valence-corrected chi connectivity index (χ1v) is 6.43. The molecule has 1 aromatic rings. The van der Waals surface area contributed by atoms with Gasteiger partial charge in [-0.25, -0.2) is 4.79 Å². The molecule has 0 fully saturated rings. The van der Waals surface area contributed by atoms with Gasteiger partial charge < -0.3 is 24.7 Å². The predicted molar refractivity (Wildman–Crippen MR) is 74.6 cm³/mol. The second kappa shape index (κ2) is 7.26. The van der Waals surface area contributed by atoms with E-state index in [0.29, 0.717) is 0 Å². The summed E-state index contributed by atoms with van der Waals surface area (Å²) >= 11 is 0. The standard InChI is InChI=1S/C14H19F2NO5/c1-5-22-13(18)14(15,16)12(17)8-6-10(20-3)11(21-4)7-9(8)19-2/h6-7,12H,5,17H2,1-4H3/t12-/m0/s1. The molecule has 1 rings (SSSR count). The first kappa shape index (κ1) is 18.0. The van der Waals surface area contributed by atoms with Gasteiger partial charge in [-0.2, -0.15) is 8.78 Å². The molecule has 22 heavy (non-hydrogen) atoms. The van der Waals surface area contributed by atoms with Crippen molar-refractivity contribution in [1.29, 1.82) is 0 Å². The van der Waals surface area contributed by atoms with E-state index in [-0.39, 0.29) is 29.4 Å². The molecule has 0 aliphatic rings. The summed E-state index contributed by atoms with van der Waals surface area (Å²) in [7, 11) is 4.03. The Morgan fingerprint density at radius 2 is 1.64 bits per heavy atom. The van der Waals surface area contributed by atoms with E-state index in [0.717, 1.165) is 0 Å². The van der Waals surface area contributed by atoms with Crippen molar-refractivity contribution in [2.24, 2.45) is 5.73 Å². The Balaban J connectivity index is 3.32. The van der Waals surface area contributed by atoms with Gasteiger partial charge in [-0.15, -0.1) is 0 Å². The summed E-state index contributed by atoms with van der Waals surface area (Å²) in [6.07, 6.45) is 0. The van der Waals surface area contributed by atoms with Crippen LogP contribution in [0.4, 0.5) is 8.78 Å². The molecule has 0 saturated carbocycles. The van der Waals surface area contributed by atoms with Crippen molar-refractivity contribution >= 4 is 5.97 Å². The number of halogens is 2. The van der Waals surface area contributed by atoms with Crippen LogP contribution in [0.2, 0.25) is 0 Å². The van der Waals surface area contributed by atoms with E-state index in [9.17, 15) is 13.6 Å². The minimum atomic E-state index is -3.91. The van der Waals surface area contributed by atoms with E-state index < -0.39 is 17.9 Å². The fourth-order valence-corrected chi connectivity index (χ4v) is 1.85. The van der Waals surface area contributed by atoms with Gasteiger partial charge >= 0.3 is 11.9 Å². The monoisotopic (exact) mass is 319 g/mol. The summed E-state index contributed by atoms with van der Waals surface area (Å²) < 4.78 is 47.7. The van der Waals surface area contributed by atoms with Gasteiger partial charge in [0.25, 0.3) is 0 Å². The molecule has 0 bridgehead atoms. The number of carbonyl (C=O) groups is 1. The molecule has 0 spiro atoms. The zero-order chi connectivity index (χ0) is 16.9. The van der Waals surface area contributed by atoms with Gasteiger partial charge in [-0.1, -0.05) is 0 Å². The third-order valence-electron chi connectivity index (χ3n) is 3.01. The minimum absolute atomic E-state index is 0.0501. The van der Waals surface area contributed by atoms with Crippen molar-refractivity contribution in [1.82, 2.24) is 0 Å². The number of methoxy groups -OCH3 is 3. The zero-order valence-corrected chi connectivity index (χ0v) is 12.8. The predicted octanol–water partition coefficient (Wildman–Crippen LogP) is 1.91. The summed E-state index contributed by atoms with van der Waals surface area (Å²) in [5, 5.41) is 0. The number of esters is 1. The van der Waals surface area contributed by atoms with Gasteiger partial charge in [0.1, 0.15) is 11.8 Å². The van der Waals surface area contributed by atoms with Crippen LogP contribution in [0.1, 0.15) is 18.5 Å². The second-order valence-electron chi connectivity index (χ2n) is 4.27. The maximum atomic E-state index is 14.1. The number of rotatable bonds is 7. The molecule has 6 nitrogen and oxygen atoms in total. The van der Waals surface area contributed by atoms with E-state index in [1.165, 1.54) is 40.4 Å². The molecule has 0 unspecified atom stereocenters. The maximum absolute atomic E-state index is 14.1. The van der Waals surface area contributed by atoms with Crippen LogP contribution in [-0.4, -0.2) is 39.8 Å². The normalized spacial score (nSPS) is 12.5. The van der Waals surface area contributed by atoms with Gasteiger partial charge in [0.2, 0.25) is 0 Å². The largest absolute Gasteiger partial charge is 0.496 e. The topological polar surface area (TPSA) is 80.0 Å². The molecule has 0 radical (unpaired) electrons. The van der Waals surface area contributed by atoms with E-state index >= 15 is 0 Å². The lowest BCUT2D eigenvalue weighted by molar-refractivity contribution is -0.174. The number of alkyl halides is 2. The number of carbonyl (C=O) groups excluding carboxylic acids is 1. The molecule has 0 aromatic heterocycles. The number of hydrogen-bond donors (Lipinski definition) is 1. The van der Waals surface area contributed by atoms with Gasteiger partial charge in [0, 0.05) is 11.6 Å². The van der Waals surface area contributed by atoms with Crippen LogP contribution in [0.3, 0.4) is 0 Å². The highest BCUT2D eigenvalue weighted by atomic mass is 19.3. The maximum Gasteiger partial charge on any atom is 0.379 e. The lowest BCUT2D eigenvalue weighted by Gasteiger charge is -2.24. The van der Waals surface area contributed by atoms with Crippen LogP contribution in [0.25, 0.3) is 0 Å². The van der Waals surface area contributed by atoms with E-state index in [1.807, 2.05) is 0 Å². The number of hydrogen-bond acceptors (Lipinski definition) is 6. The average Bonchev–Trinajstić information content (AvgIpc) is 2.52. The Morgan fingerprint density at radius 1 is 1.14 bits per heavy atom. The molecule has 1 atom stereocenters. The summed E-state index contributed by atoms with van der Waals surface area (Å²) in [6, 6.07) is 0.645. The number of benzene rings is 1. The van der Waals surface area contributed by atoms with Crippen LogP contribution < -0.4 is 19.9 Å². The Kier molecular flexibility index (Phi) is 5.92. The van der Waals surface area contributed by atoms with Crippen LogP contribution in [-0.2, 0) is 9.53 Å². The van der Waals surface area contributed by atoms with Crippen LogP contribution in [0, 0.1) is 0 Å². The smallest absolute Gasteiger partial charge is 0.379 e. The Bertz CT molecular complexity index is 536. The molecule has 0 aliphatic carbocycles. The molecular formula is C14H19F2NO5. The molecule has 0 aliphatic heterocycles. The van der Waals surface area contributed by atoms with Crippen molar-refractivity contribution in [3.63, 3.8) is 0 Å². The Morgan fingerprint density at radius 3 is 2.09 bits per heavy atom. The molecule has 2 N–H and O–H groups in total. The van der Waals surface area contributed by atoms with Gasteiger partial charge in [0.15, 0.2) is 11.5 Å². The first-order valence-electron chi connectivity index (χ1n) is 6.43. The van der Waals surface area contributed by atoms with Crippen LogP contribution in [0.5, 0.6) is 17.2 Å². The van der Waals surface area contributed by atoms with E-state index in [1.54, 1.807) is 0 Å². The third-order valence-corrected chi connectivity index (χ3v) is 3.01. The average molecular weight is 319 g/mol. The highest BCUT2D eigenvalue weighted by molar-refractivity contribution is 5.79. The van der Waals surface area contributed by atoms with Crippen molar-refractivity contribution in [2.75, 3.05) is 27.9 Å². The van der Waals surface area contributed by atoms with Crippen molar-refractivity contribution in [2.45, 2.75) is 18.9 Å². The molecule has 124 valence electrons. The van der Waals surface area contributed by atoms with Gasteiger partial charge in [-0.3, -0.25) is 0 Å². The van der Waals surface area contributed by atoms with Crippen molar-refractivity contribution in [3.05, 3.63) is 17.7 Å². The fraction of sp³-hybridized carbons (Fsp3) is 0.500. The summed E-state index contributed by atoms with van der Waals surface area (Å²) in [4.78, 5) is 11.4. The highest BCUT2D eigenvalue weighted by Crippen LogP contribution is 2.41. The summed E-state index contributed by atoms with van der Waals surface area (Å²) in [6.45, 7) is 1.25. The molecule has 0 heterocycles. The number of nitrogens with two attached hydrogens (primary N) is 1. The van der Waals surface area contributed by atoms with Crippen molar-refractivity contribution in [3.8, 4) is 17.2 Å². The van der Waals surface area contributed by atoms with Crippen molar-refractivity contribution < 1.29 is 32.5 Å². The van der Waals surface area contributed by atoms with Gasteiger partial charge in [0.05, 0.1) is 27.9 Å². The quantitative estimate of drug-likeness (QED) is 0.773. The SMILES string of the molecule is CCOC(=O)C(F)(F)[C@@H](N)c1cc(OC)c(OC)cc1OC. The third kappa shape index (κ3) is 3.38. The summed E-state index contributed by atoms with van der Waals surface area (Å²) in [5.74, 6) is -5.08. The minimum Gasteiger partial charge on any atom is -0.496 e. The molecule has 0 saturated heterocycles. The lowest BCUT2D eigenvalue weighted by Crippen LogP contribution is -2.41. The number of ether oxygens (including phenoxy) is 4. The van der Waals surface area contributed by atoms with E-state index in [4.69, 9.17) is 19.9 Å². The lowest BCUT2D eigenvalue weighted by atomic mass is 9.99. The van der Waals surface area contributed by atoms with E-state index in [2.05, 4.69) is 4.74 Å². The van der Waals surface area contributed by atoms with Crippen LogP contribution >= 0.6 is 0 Å². The fourth-order valence-electron chi connectivity index (χ4n) is 1.85. The van der Waals surface area contributed by atoms with Crippen LogP contribution in [0.15, 0.2) is 12.1 Å². The second-order valence-corrected chi connectivity index (χ2v) is 4.27. The van der Waals surface area contributed by atoms with Gasteiger partial charge in [-0.05, 0) is 13.0 Å². The summed E-state index contributed by atoms with van der Waals surface area (Å²) in [5.41, 5.74) is 5.47. The molecule has 1 aromatic carbocycles. The molecule has 0 amide bonds. The Hall–Kier alpha value is -2.09. The zero-order valence-electron chi connectivity index (χ0n) is 12.8. The molecule has 8 heteroatoms. The highest BCUT2D eigenvalue weighted by Gasteiger charge is 2.49.